The van der Waals surface area contributed by atoms with E-state index in [0.717, 1.165) is 33.4 Å². The summed E-state index contributed by atoms with van der Waals surface area (Å²) < 4.78 is 2.32. The molecule has 292 valence electrons. The minimum atomic E-state index is 0.946. The quantitative estimate of drug-likeness (QED) is 0.164. The predicted octanol–water partition coefficient (Wildman–Crippen LogP) is 16.5. The number of pyridine rings is 1. The highest BCUT2D eigenvalue weighted by Gasteiger charge is 2.31. The maximum absolute atomic E-state index is 5.18. The molecule has 0 aliphatic heterocycles. The average molecular weight is 799 g/mol. The molecule has 0 unspecified atom stereocenters. The van der Waals surface area contributed by atoms with Crippen LogP contribution in [-0.4, -0.2) is 9.55 Å². The van der Waals surface area contributed by atoms with Crippen LogP contribution >= 0.6 is 0 Å². The van der Waals surface area contributed by atoms with Gasteiger partial charge in [0.05, 0.1) is 5.52 Å². The molecule has 0 spiro atoms. The number of hydrogen-bond donors (Lipinski definition) is 0. The Kier molecular flexibility index (Phi) is 7.94. The maximum atomic E-state index is 5.18. The molecule has 1 aliphatic rings. The third-order valence-electron chi connectivity index (χ3n) is 13.2. The Bertz CT molecular complexity index is 3550. The first-order chi connectivity index (χ1) is 31.3. The van der Waals surface area contributed by atoms with Gasteiger partial charge in [0.2, 0.25) is 0 Å². The molecule has 63 heavy (non-hydrogen) atoms. The summed E-state index contributed by atoms with van der Waals surface area (Å²) in [5.41, 5.74) is 20.5. The van der Waals surface area contributed by atoms with Crippen LogP contribution in [0.15, 0.2) is 231 Å². The van der Waals surface area contributed by atoms with Crippen LogP contribution in [0.5, 0.6) is 0 Å². The fourth-order valence-corrected chi connectivity index (χ4v) is 10.4. The van der Waals surface area contributed by atoms with E-state index in [1.165, 1.54) is 93.7 Å². The second-order valence-corrected chi connectivity index (χ2v) is 16.6. The van der Waals surface area contributed by atoms with Crippen molar-refractivity contribution in [2.75, 3.05) is 0 Å². The normalized spacial score (nSPS) is 11.8. The van der Waals surface area contributed by atoms with Crippen LogP contribution in [0.2, 0.25) is 0 Å². The van der Waals surface area contributed by atoms with E-state index in [1.807, 2.05) is 6.20 Å². The molecular weight excluding hydrogens is 761 g/mol. The number of hydrogen-bond acceptors (Lipinski definition) is 1. The summed E-state index contributed by atoms with van der Waals surface area (Å²) in [6, 6.07) is 81.9. The molecule has 0 amide bonds. The zero-order chi connectivity index (χ0) is 41.4. The Labute approximate surface area is 365 Å². The maximum Gasteiger partial charge on any atom is 0.145 e. The summed E-state index contributed by atoms with van der Waals surface area (Å²) in [5, 5.41) is 7.44. The van der Waals surface area contributed by atoms with Gasteiger partial charge in [-0.3, -0.25) is 4.57 Å². The highest BCUT2D eigenvalue weighted by atomic mass is 15.0. The van der Waals surface area contributed by atoms with Crippen molar-refractivity contribution in [3.05, 3.63) is 231 Å². The first-order valence-corrected chi connectivity index (χ1v) is 21.7. The number of nitrogens with zero attached hydrogens (tertiary/aromatic N) is 2. The van der Waals surface area contributed by atoms with Crippen molar-refractivity contribution in [3.63, 3.8) is 0 Å². The van der Waals surface area contributed by atoms with Gasteiger partial charge in [0.15, 0.2) is 0 Å². The van der Waals surface area contributed by atoms with E-state index in [9.17, 15) is 0 Å². The summed E-state index contributed by atoms with van der Waals surface area (Å²) in [5.74, 6) is 0. The van der Waals surface area contributed by atoms with Gasteiger partial charge in [0.25, 0.3) is 0 Å². The fourth-order valence-electron chi connectivity index (χ4n) is 10.4. The largest absolute Gasteiger partial charge is 0.294 e. The highest BCUT2D eigenvalue weighted by molar-refractivity contribution is 6.28. The standard InChI is InChI=1S/C61H38N2/c1-5-16-39(17-6-1)44-30-35-55-53(36-44)54-37-45(40-18-7-2-8-19-40)38-62-61(54)63(55)46-31-28-41(29-32-46)47-33-34-52-58-48(47)26-15-27-51(58)59-56(42-20-9-3-10-21-42)49-24-13-14-25-50(49)57(60(52)59)43-22-11-4-12-23-43/h1-38H. The summed E-state index contributed by atoms with van der Waals surface area (Å²) in [7, 11) is 0. The van der Waals surface area contributed by atoms with Crippen molar-refractivity contribution in [2.24, 2.45) is 0 Å². The van der Waals surface area contributed by atoms with Crippen LogP contribution in [0.1, 0.15) is 0 Å². The van der Waals surface area contributed by atoms with Gasteiger partial charge in [-0.2, -0.15) is 0 Å². The Morgan fingerprint density at radius 2 is 0.778 bits per heavy atom. The van der Waals surface area contributed by atoms with Crippen LogP contribution in [0.25, 0.3) is 127 Å². The van der Waals surface area contributed by atoms with E-state index >= 15 is 0 Å². The zero-order valence-electron chi connectivity index (χ0n) is 34.3. The summed E-state index contributed by atoms with van der Waals surface area (Å²) >= 11 is 0. The highest BCUT2D eigenvalue weighted by Crippen LogP contribution is 2.58. The average Bonchev–Trinajstić information content (AvgIpc) is 3.87. The molecule has 0 atom stereocenters. The lowest BCUT2D eigenvalue weighted by Gasteiger charge is -2.20. The molecule has 10 aromatic carbocycles. The molecule has 2 heteroatoms. The second-order valence-electron chi connectivity index (χ2n) is 16.6. The number of aromatic nitrogens is 2. The number of benzene rings is 10. The van der Waals surface area contributed by atoms with Gasteiger partial charge in [-0.25, -0.2) is 4.98 Å². The second kappa shape index (κ2) is 14.1. The van der Waals surface area contributed by atoms with Crippen molar-refractivity contribution in [2.45, 2.75) is 0 Å². The molecule has 0 saturated carbocycles. The Balaban J connectivity index is 0.990. The van der Waals surface area contributed by atoms with Gasteiger partial charge in [-0.05, 0) is 124 Å². The zero-order valence-corrected chi connectivity index (χ0v) is 34.3. The Morgan fingerprint density at radius 1 is 0.286 bits per heavy atom. The number of fused-ring (bicyclic) bond motifs is 7. The molecule has 13 rings (SSSR count). The summed E-state index contributed by atoms with van der Waals surface area (Å²) in [4.78, 5) is 5.18. The molecular formula is C61H38N2. The fraction of sp³-hybridized carbons (Fsp3) is 0. The first-order valence-electron chi connectivity index (χ1n) is 21.7. The van der Waals surface area contributed by atoms with Gasteiger partial charge in [0.1, 0.15) is 5.65 Å². The van der Waals surface area contributed by atoms with E-state index < -0.39 is 0 Å². The van der Waals surface area contributed by atoms with Crippen molar-refractivity contribution in [1.82, 2.24) is 9.55 Å². The molecule has 0 fully saturated rings. The molecule has 12 aromatic rings. The third kappa shape index (κ3) is 5.48. The SMILES string of the molecule is c1ccc(-c2ccc3c(c2)c2cc(-c4ccccc4)cnc2n3-c2ccc(-c3ccc4c5c(cccc35)-c3c-4c(-c4ccccc4)c4ccccc4c3-c3ccccc3)cc2)cc1. The summed E-state index contributed by atoms with van der Waals surface area (Å²) in [6.45, 7) is 0. The smallest absolute Gasteiger partial charge is 0.145 e. The monoisotopic (exact) mass is 798 g/mol. The van der Waals surface area contributed by atoms with Gasteiger partial charge in [-0.15, -0.1) is 0 Å². The first kappa shape index (κ1) is 35.4. The predicted molar refractivity (Wildman–Crippen MR) is 265 cm³/mol. The minimum Gasteiger partial charge on any atom is -0.294 e. The molecule has 0 saturated heterocycles. The van der Waals surface area contributed by atoms with E-state index in [4.69, 9.17) is 4.98 Å². The van der Waals surface area contributed by atoms with E-state index in [-0.39, 0.29) is 0 Å². The van der Waals surface area contributed by atoms with Crippen molar-refractivity contribution in [1.29, 1.82) is 0 Å². The van der Waals surface area contributed by atoms with Crippen molar-refractivity contribution >= 4 is 43.5 Å². The van der Waals surface area contributed by atoms with Crippen LogP contribution in [-0.2, 0) is 0 Å². The van der Waals surface area contributed by atoms with Crippen molar-refractivity contribution in [3.8, 4) is 83.6 Å². The Hall–Kier alpha value is -8.33. The van der Waals surface area contributed by atoms with Gasteiger partial charge >= 0.3 is 0 Å². The lowest BCUT2D eigenvalue weighted by atomic mass is 9.82. The molecule has 1 aliphatic carbocycles. The lowest BCUT2D eigenvalue weighted by molar-refractivity contribution is 1.14. The van der Waals surface area contributed by atoms with Crippen LogP contribution in [0.3, 0.4) is 0 Å². The molecule has 0 radical (unpaired) electrons. The lowest BCUT2D eigenvalue weighted by Crippen LogP contribution is -1.96. The van der Waals surface area contributed by atoms with Crippen LogP contribution in [0, 0.1) is 0 Å². The molecule has 2 nitrogen and oxygen atoms in total. The number of rotatable bonds is 6. The van der Waals surface area contributed by atoms with E-state index in [2.05, 4.69) is 229 Å². The van der Waals surface area contributed by atoms with Gasteiger partial charge < -0.3 is 0 Å². The molecule has 2 aromatic heterocycles. The van der Waals surface area contributed by atoms with E-state index in [0.29, 0.717) is 0 Å². The summed E-state index contributed by atoms with van der Waals surface area (Å²) in [6.07, 6.45) is 2.01. The molecule has 0 bridgehead atoms. The minimum absolute atomic E-state index is 0.946. The van der Waals surface area contributed by atoms with Crippen LogP contribution in [0.4, 0.5) is 0 Å². The molecule has 0 N–H and O–H groups in total. The van der Waals surface area contributed by atoms with Gasteiger partial charge in [0, 0.05) is 28.2 Å². The Morgan fingerprint density at radius 3 is 1.40 bits per heavy atom. The van der Waals surface area contributed by atoms with Crippen LogP contribution < -0.4 is 0 Å². The topological polar surface area (TPSA) is 17.8 Å². The van der Waals surface area contributed by atoms with Gasteiger partial charge in [-0.1, -0.05) is 194 Å². The van der Waals surface area contributed by atoms with E-state index in [1.54, 1.807) is 0 Å². The van der Waals surface area contributed by atoms with Crippen molar-refractivity contribution < 1.29 is 0 Å². The third-order valence-corrected chi connectivity index (χ3v) is 13.2. The molecule has 2 heterocycles.